The number of imidazole rings is 1. The van der Waals surface area contributed by atoms with Crippen LogP contribution in [-0.4, -0.2) is 62.3 Å². The van der Waals surface area contributed by atoms with Gasteiger partial charge in [-0.1, -0.05) is 18.1 Å². The molecule has 1 aliphatic heterocycles. The van der Waals surface area contributed by atoms with Crippen LogP contribution in [0.1, 0.15) is 12.5 Å². The van der Waals surface area contributed by atoms with Gasteiger partial charge in [0.2, 0.25) is 5.95 Å². The minimum atomic E-state index is -1.06. The van der Waals surface area contributed by atoms with Crippen LogP contribution < -0.4 is 21.5 Å². The summed E-state index contributed by atoms with van der Waals surface area (Å²) in [4.78, 5) is 47.2. The van der Waals surface area contributed by atoms with E-state index >= 15 is 0 Å². The number of amides is 2. The molecule has 1 fully saturated rings. The fourth-order valence-electron chi connectivity index (χ4n) is 4.25. The average Bonchev–Trinajstić information content (AvgIpc) is 3.29. The molecule has 0 saturated carbocycles. The summed E-state index contributed by atoms with van der Waals surface area (Å²) in [5.41, 5.74) is -0.613. The van der Waals surface area contributed by atoms with Gasteiger partial charge >= 0.3 is 11.7 Å². The summed E-state index contributed by atoms with van der Waals surface area (Å²) in [5, 5.41) is 2.76. The van der Waals surface area contributed by atoms with Crippen LogP contribution in [0.4, 0.5) is 19.5 Å². The van der Waals surface area contributed by atoms with E-state index in [0.717, 1.165) is 16.7 Å². The average molecular weight is 512 g/mol. The van der Waals surface area contributed by atoms with Crippen molar-refractivity contribution in [3.63, 3.8) is 0 Å². The minimum absolute atomic E-state index is 0.154. The Bertz CT molecular complexity index is 1540. The number of hydrogen-bond acceptors (Lipinski definition) is 5. The lowest BCUT2D eigenvalue weighted by Gasteiger charge is -2.35. The van der Waals surface area contributed by atoms with Crippen LogP contribution >= 0.6 is 0 Å². The van der Waals surface area contributed by atoms with E-state index in [1.807, 2.05) is 4.90 Å². The van der Waals surface area contributed by atoms with Crippen LogP contribution in [-0.2, 0) is 20.1 Å². The molecule has 0 radical (unpaired) electrons. The number of nitrogens with zero attached hydrogens (tertiary/aromatic N) is 6. The third-order valence-corrected chi connectivity index (χ3v) is 6.20. The third-order valence-electron chi connectivity index (χ3n) is 6.20. The molecule has 0 aliphatic carbocycles. The predicted octanol–water partition coefficient (Wildman–Crippen LogP) is 1.26. The second-order valence-electron chi connectivity index (χ2n) is 8.53. The highest BCUT2D eigenvalue weighted by Crippen LogP contribution is 2.21. The van der Waals surface area contributed by atoms with E-state index in [9.17, 15) is 23.2 Å². The van der Waals surface area contributed by atoms with E-state index in [1.165, 1.54) is 17.7 Å². The molecule has 0 unspecified atom stereocenters. The Hall–Kier alpha value is -4.40. The maximum absolute atomic E-state index is 13.8. The molecule has 37 heavy (non-hydrogen) atoms. The number of fused-ring (bicyclic) bond motifs is 1. The van der Waals surface area contributed by atoms with Crippen molar-refractivity contribution in [3.05, 3.63) is 68.9 Å². The van der Waals surface area contributed by atoms with Crippen molar-refractivity contribution >= 4 is 23.1 Å². The maximum Gasteiger partial charge on any atom is 0.332 e. The first-order valence-corrected chi connectivity index (χ1v) is 11.7. The van der Waals surface area contributed by atoms with E-state index in [1.54, 1.807) is 22.5 Å². The molecule has 3 heterocycles. The van der Waals surface area contributed by atoms with Crippen molar-refractivity contribution in [2.75, 3.05) is 37.6 Å². The lowest BCUT2D eigenvalue weighted by atomic mass is 10.2. The molecule has 4 rings (SSSR count). The Labute approximate surface area is 211 Å². The third kappa shape index (κ3) is 4.97. The molecule has 1 aliphatic rings. The molecule has 10 nitrogen and oxygen atoms in total. The first-order chi connectivity index (χ1) is 17.8. The second-order valence-corrected chi connectivity index (χ2v) is 8.53. The van der Waals surface area contributed by atoms with Crippen LogP contribution in [0.15, 0.2) is 40.4 Å². The molecule has 1 saturated heterocycles. The number of urea groups is 1. The lowest BCUT2D eigenvalue weighted by molar-refractivity contribution is 0.195. The van der Waals surface area contributed by atoms with Crippen molar-refractivity contribution in [3.8, 4) is 11.8 Å². The number of piperazine rings is 1. The summed E-state index contributed by atoms with van der Waals surface area (Å²) in [5.74, 6) is 4.15. The Balaban J connectivity index is 1.75. The normalized spacial score (nSPS) is 13.4. The minimum Gasteiger partial charge on any atom is -0.339 e. The summed E-state index contributed by atoms with van der Waals surface area (Å²) in [6.07, 6.45) is 1.61. The smallest absolute Gasteiger partial charge is 0.332 e. The van der Waals surface area contributed by atoms with Crippen LogP contribution in [0.25, 0.3) is 11.2 Å². The van der Waals surface area contributed by atoms with Gasteiger partial charge in [-0.2, -0.15) is 4.98 Å². The van der Waals surface area contributed by atoms with Gasteiger partial charge in [-0.3, -0.25) is 18.5 Å². The highest BCUT2D eigenvalue weighted by molar-refractivity contribution is 5.76. The van der Waals surface area contributed by atoms with Gasteiger partial charge in [0.25, 0.3) is 5.56 Å². The fraction of sp³-hybridized carbons (Fsp3) is 0.360. The summed E-state index contributed by atoms with van der Waals surface area (Å²) in [6, 6.07) is 3.05. The number of aromatic nitrogens is 4. The van der Waals surface area contributed by atoms with Crippen LogP contribution in [0, 0.1) is 23.5 Å². The van der Waals surface area contributed by atoms with Crippen molar-refractivity contribution in [1.82, 2.24) is 28.9 Å². The summed E-state index contributed by atoms with van der Waals surface area (Å²) in [6.45, 7) is 7.35. The second kappa shape index (κ2) is 10.7. The van der Waals surface area contributed by atoms with Crippen LogP contribution in [0.2, 0.25) is 0 Å². The summed E-state index contributed by atoms with van der Waals surface area (Å²) >= 11 is 0. The number of hydrogen-bond donors (Lipinski definition) is 1. The van der Waals surface area contributed by atoms with E-state index < -0.39 is 22.9 Å². The maximum atomic E-state index is 13.8. The van der Waals surface area contributed by atoms with Gasteiger partial charge in [0, 0.05) is 39.8 Å². The van der Waals surface area contributed by atoms with Crippen LogP contribution in [0.3, 0.4) is 0 Å². The largest absolute Gasteiger partial charge is 0.339 e. The molecule has 194 valence electrons. The van der Waals surface area contributed by atoms with Gasteiger partial charge in [-0.05, 0) is 24.6 Å². The lowest BCUT2D eigenvalue weighted by Crippen LogP contribution is -2.52. The number of nitrogens with one attached hydrogen (secondary N) is 1. The number of carbonyl (C=O) groups excluding carboxylic acids is 1. The molecule has 3 aromatic rings. The quantitative estimate of drug-likeness (QED) is 0.397. The zero-order valence-electron chi connectivity index (χ0n) is 20.6. The SMILES string of the molecule is C=CCNC(=O)N1CCN(c2nc3c(c(=O)n(Cc4ccc(F)c(F)c4)c(=O)n3C)n2CC#CC)CC1. The van der Waals surface area contributed by atoms with Crippen molar-refractivity contribution in [2.24, 2.45) is 7.05 Å². The van der Waals surface area contributed by atoms with Crippen molar-refractivity contribution in [1.29, 1.82) is 0 Å². The molecule has 2 amide bonds. The number of carbonyl (C=O) groups is 1. The van der Waals surface area contributed by atoms with Gasteiger partial charge in [0.1, 0.15) is 0 Å². The monoisotopic (exact) mass is 511 g/mol. The first-order valence-electron chi connectivity index (χ1n) is 11.7. The first kappa shape index (κ1) is 25.7. The molecular formula is C25H27F2N7O3. The highest BCUT2D eigenvalue weighted by Gasteiger charge is 2.27. The van der Waals surface area contributed by atoms with Crippen molar-refractivity contribution < 1.29 is 13.6 Å². The van der Waals surface area contributed by atoms with E-state index in [2.05, 4.69) is 28.7 Å². The number of halogens is 2. The van der Waals surface area contributed by atoms with E-state index in [0.29, 0.717) is 38.7 Å². The van der Waals surface area contributed by atoms with Gasteiger partial charge < -0.3 is 15.1 Å². The van der Waals surface area contributed by atoms with Gasteiger partial charge in [0.15, 0.2) is 22.8 Å². The molecule has 0 atom stereocenters. The van der Waals surface area contributed by atoms with Gasteiger partial charge in [0.05, 0.1) is 13.1 Å². The molecule has 2 aromatic heterocycles. The molecule has 1 aromatic carbocycles. The summed E-state index contributed by atoms with van der Waals surface area (Å²) in [7, 11) is 1.50. The van der Waals surface area contributed by atoms with E-state index in [4.69, 9.17) is 0 Å². The van der Waals surface area contributed by atoms with Gasteiger partial charge in [-0.25, -0.2) is 18.4 Å². The topological polar surface area (TPSA) is 97.4 Å². The Morgan fingerprint density at radius 1 is 1.16 bits per heavy atom. The standard InChI is InChI=1S/C25H27F2N7O3/c1-4-6-10-33-20-21(29-23(33)31-11-13-32(14-12-31)24(36)28-9-5-2)30(3)25(37)34(22(20)35)16-17-7-8-18(26)19(27)15-17/h5,7-8,15H,2,9-14,16H2,1,3H3,(H,28,36). The Kier molecular flexibility index (Phi) is 7.42. The number of rotatable bonds is 6. The highest BCUT2D eigenvalue weighted by atomic mass is 19.2. The predicted molar refractivity (Wildman–Crippen MR) is 136 cm³/mol. The Morgan fingerprint density at radius 3 is 2.54 bits per heavy atom. The molecule has 1 N–H and O–H groups in total. The van der Waals surface area contributed by atoms with E-state index in [-0.39, 0.29) is 35.8 Å². The molecular weight excluding hydrogens is 484 g/mol. The van der Waals surface area contributed by atoms with Crippen LogP contribution in [0.5, 0.6) is 0 Å². The number of benzene rings is 1. The molecule has 0 spiro atoms. The fourth-order valence-corrected chi connectivity index (χ4v) is 4.25. The Morgan fingerprint density at radius 2 is 1.89 bits per heavy atom. The number of anilines is 1. The number of aryl methyl sites for hydroxylation is 1. The summed E-state index contributed by atoms with van der Waals surface area (Å²) < 4.78 is 31.0. The molecule has 0 bridgehead atoms. The molecule has 12 heteroatoms. The zero-order chi connectivity index (χ0) is 26.7. The van der Waals surface area contributed by atoms with Crippen molar-refractivity contribution in [2.45, 2.75) is 20.0 Å². The zero-order valence-corrected chi connectivity index (χ0v) is 20.6. The van der Waals surface area contributed by atoms with Gasteiger partial charge in [-0.15, -0.1) is 12.5 Å².